The second-order valence-electron chi connectivity index (χ2n) is 4.87. The molecule has 0 aliphatic heterocycles. The number of carbonyl (C=O) groups is 1. The molecule has 0 bridgehead atoms. The molecule has 0 fully saturated rings. The van der Waals surface area contributed by atoms with Gasteiger partial charge in [0.05, 0.1) is 18.8 Å². The van der Waals surface area contributed by atoms with E-state index in [1.165, 1.54) is 7.11 Å². The molecular formula is C13H22N4O2. The molecule has 6 nitrogen and oxygen atoms in total. The molecule has 0 saturated carbocycles. The zero-order valence-corrected chi connectivity index (χ0v) is 12.1. The van der Waals surface area contributed by atoms with Crippen LogP contribution < -0.4 is 20.7 Å². The molecule has 0 radical (unpaired) electrons. The standard InChI is InChI=1S/C13H22N4O2/c1-8(2)10(14)12(18)16-11-9(17(3)4)6-7-15-13(11)19-5/h6-8,10H,14H2,1-5H3,(H,16,18). The minimum Gasteiger partial charge on any atom is -0.479 e. The van der Waals surface area contributed by atoms with Crippen LogP contribution >= 0.6 is 0 Å². The summed E-state index contributed by atoms with van der Waals surface area (Å²) in [5.74, 6) is 0.186. The van der Waals surface area contributed by atoms with Crippen molar-refractivity contribution < 1.29 is 9.53 Å². The van der Waals surface area contributed by atoms with Gasteiger partial charge in [-0.2, -0.15) is 0 Å². The van der Waals surface area contributed by atoms with Crippen molar-refractivity contribution in [3.8, 4) is 5.88 Å². The van der Waals surface area contributed by atoms with Gasteiger partial charge >= 0.3 is 0 Å². The summed E-state index contributed by atoms with van der Waals surface area (Å²) in [7, 11) is 5.28. The molecule has 1 aromatic rings. The fourth-order valence-corrected chi connectivity index (χ4v) is 1.59. The molecule has 0 aliphatic carbocycles. The third-order valence-electron chi connectivity index (χ3n) is 2.84. The first kappa shape index (κ1) is 15.2. The van der Waals surface area contributed by atoms with Crippen molar-refractivity contribution in [3.05, 3.63) is 12.3 Å². The molecule has 1 unspecified atom stereocenters. The highest BCUT2D eigenvalue weighted by atomic mass is 16.5. The van der Waals surface area contributed by atoms with Gasteiger partial charge in [0.1, 0.15) is 5.69 Å². The first-order valence-corrected chi connectivity index (χ1v) is 6.15. The molecule has 0 spiro atoms. The smallest absolute Gasteiger partial charge is 0.241 e. The number of ether oxygens (including phenoxy) is 1. The predicted octanol–water partition coefficient (Wildman–Crippen LogP) is 1.08. The van der Waals surface area contributed by atoms with Crippen molar-refractivity contribution in [3.63, 3.8) is 0 Å². The Morgan fingerprint density at radius 1 is 1.47 bits per heavy atom. The molecule has 0 aliphatic rings. The Balaban J connectivity index is 3.08. The van der Waals surface area contributed by atoms with Gasteiger partial charge in [-0.15, -0.1) is 0 Å². The molecule has 1 heterocycles. The Hall–Kier alpha value is -1.82. The van der Waals surface area contributed by atoms with Gasteiger partial charge in [0.25, 0.3) is 0 Å². The van der Waals surface area contributed by atoms with Crippen LogP contribution in [0.1, 0.15) is 13.8 Å². The van der Waals surface area contributed by atoms with E-state index in [0.717, 1.165) is 5.69 Å². The van der Waals surface area contributed by atoms with Gasteiger partial charge in [-0.1, -0.05) is 13.8 Å². The number of aromatic nitrogens is 1. The van der Waals surface area contributed by atoms with Crippen molar-refractivity contribution in [2.75, 3.05) is 31.4 Å². The summed E-state index contributed by atoms with van der Waals surface area (Å²) < 4.78 is 5.18. The number of hydrogen-bond acceptors (Lipinski definition) is 5. The number of hydrogen-bond donors (Lipinski definition) is 2. The van der Waals surface area contributed by atoms with Crippen LogP contribution in [-0.2, 0) is 4.79 Å². The quantitative estimate of drug-likeness (QED) is 0.833. The van der Waals surface area contributed by atoms with Gasteiger partial charge in [-0.25, -0.2) is 4.98 Å². The van der Waals surface area contributed by atoms with E-state index in [0.29, 0.717) is 11.6 Å². The summed E-state index contributed by atoms with van der Waals surface area (Å²) in [6.07, 6.45) is 1.63. The van der Waals surface area contributed by atoms with Crippen LogP contribution in [-0.4, -0.2) is 38.1 Å². The lowest BCUT2D eigenvalue weighted by Gasteiger charge is -2.21. The third-order valence-corrected chi connectivity index (χ3v) is 2.84. The van der Waals surface area contributed by atoms with Gasteiger partial charge in [-0.05, 0) is 12.0 Å². The summed E-state index contributed by atoms with van der Waals surface area (Å²) in [4.78, 5) is 18.0. The van der Waals surface area contributed by atoms with Gasteiger partial charge in [0, 0.05) is 20.3 Å². The largest absolute Gasteiger partial charge is 0.479 e. The summed E-state index contributed by atoms with van der Waals surface area (Å²) in [5.41, 5.74) is 7.19. The lowest BCUT2D eigenvalue weighted by atomic mass is 10.0. The molecule has 0 saturated heterocycles. The van der Waals surface area contributed by atoms with E-state index < -0.39 is 6.04 Å². The predicted molar refractivity (Wildman–Crippen MR) is 76.6 cm³/mol. The maximum atomic E-state index is 12.1. The molecule has 19 heavy (non-hydrogen) atoms. The van der Waals surface area contributed by atoms with Gasteiger partial charge in [0.2, 0.25) is 11.8 Å². The van der Waals surface area contributed by atoms with Crippen molar-refractivity contribution in [2.45, 2.75) is 19.9 Å². The number of amides is 1. The number of nitrogens with two attached hydrogens (primary N) is 1. The number of methoxy groups -OCH3 is 1. The highest BCUT2D eigenvalue weighted by Crippen LogP contribution is 2.32. The van der Waals surface area contributed by atoms with E-state index in [4.69, 9.17) is 10.5 Å². The maximum Gasteiger partial charge on any atom is 0.241 e. The summed E-state index contributed by atoms with van der Waals surface area (Å²) in [6, 6.07) is 1.24. The summed E-state index contributed by atoms with van der Waals surface area (Å²) >= 11 is 0. The third kappa shape index (κ3) is 3.57. The van der Waals surface area contributed by atoms with E-state index in [1.54, 1.807) is 12.3 Å². The van der Waals surface area contributed by atoms with E-state index >= 15 is 0 Å². The lowest BCUT2D eigenvalue weighted by molar-refractivity contribution is -0.118. The zero-order chi connectivity index (χ0) is 14.6. The second-order valence-corrected chi connectivity index (χ2v) is 4.87. The number of nitrogens with zero attached hydrogens (tertiary/aromatic N) is 2. The van der Waals surface area contributed by atoms with E-state index in [2.05, 4.69) is 10.3 Å². The molecule has 1 aromatic heterocycles. The van der Waals surface area contributed by atoms with Crippen molar-refractivity contribution >= 4 is 17.3 Å². The Labute approximate surface area is 113 Å². The average molecular weight is 266 g/mol. The van der Waals surface area contributed by atoms with Gasteiger partial charge < -0.3 is 20.7 Å². The number of rotatable bonds is 5. The Morgan fingerprint density at radius 3 is 2.58 bits per heavy atom. The first-order valence-electron chi connectivity index (χ1n) is 6.15. The zero-order valence-electron chi connectivity index (χ0n) is 12.1. The highest BCUT2D eigenvalue weighted by Gasteiger charge is 2.21. The fraction of sp³-hybridized carbons (Fsp3) is 0.538. The summed E-state index contributed by atoms with van der Waals surface area (Å²) in [6.45, 7) is 3.80. The fourth-order valence-electron chi connectivity index (χ4n) is 1.59. The van der Waals surface area contributed by atoms with Gasteiger partial charge in [-0.3, -0.25) is 4.79 Å². The monoisotopic (exact) mass is 266 g/mol. The van der Waals surface area contributed by atoms with Crippen LogP contribution in [0, 0.1) is 5.92 Å². The number of anilines is 2. The minimum absolute atomic E-state index is 0.0606. The van der Waals surface area contributed by atoms with Crippen molar-refractivity contribution in [2.24, 2.45) is 11.7 Å². The molecular weight excluding hydrogens is 244 g/mol. The van der Waals surface area contributed by atoms with E-state index in [9.17, 15) is 4.79 Å². The Kier molecular flexibility index (Phi) is 5.11. The summed E-state index contributed by atoms with van der Waals surface area (Å²) in [5, 5.41) is 2.80. The Bertz CT molecular complexity index is 446. The molecule has 3 N–H and O–H groups in total. The highest BCUT2D eigenvalue weighted by molar-refractivity contribution is 5.99. The second kappa shape index (κ2) is 6.38. The van der Waals surface area contributed by atoms with Crippen LogP contribution in [0.25, 0.3) is 0 Å². The number of pyridine rings is 1. The number of nitrogens with one attached hydrogen (secondary N) is 1. The lowest BCUT2D eigenvalue weighted by Crippen LogP contribution is -2.40. The molecule has 0 aromatic carbocycles. The van der Waals surface area contributed by atoms with E-state index in [1.807, 2.05) is 32.8 Å². The SMILES string of the molecule is COc1nccc(N(C)C)c1NC(=O)C(N)C(C)C. The van der Waals surface area contributed by atoms with Crippen LogP contribution in [0.2, 0.25) is 0 Å². The normalized spacial score (nSPS) is 12.2. The topological polar surface area (TPSA) is 80.5 Å². The van der Waals surface area contributed by atoms with Crippen LogP contribution in [0.3, 0.4) is 0 Å². The molecule has 1 atom stereocenters. The van der Waals surface area contributed by atoms with Gasteiger partial charge in [0.15, 0.2) is 0 Å². The Morgan fingerprint density at radius 2 is 2.11 bits per heavy atom. The van der Waals surface area contributed by atoms with Crippen LogP contribution in [0.4, 0.5) is 11.4 Å². The number of carbonyl (C=O) groups excluding carboxylic acids is 1. The average Bonchev–Trinajstić information content (AvgIpc) is 2.37. The van der Waals surface area contributed by atoms with Crippen molar-refractivity contribution in [1.82, 2.24) is 4.98 Å². The van der Waals surface area contributed by atoms with E-state index in [-0.39, 0.29) is 11.8 Å². The molecule has 106 valence electrons. The first-order chi connectivity index (χ1) is 8.88. The van der Waals surface area contributed by atoms with Crippen LogP contribution in [0.15, 0.2) is 12.3 Å². The molecule has 1 rings (SSSR count). The minimum atomic E-state index is -0.570. The van der Waals surface area contributed by atoms with Crippen molar-refractivity contribution in [1.29, 1.82) is 0 Å². The molecule has 1 amide bonds. The maximum absolute atomic E-state index is 12.1. The molecule has 6 heteroatoms. The van der Waals surface area contributed by atoms with Crippen LogP contribution in [0.5, 0.6) is 5.88 Å².